The molecule has 0 amide bonds. The van der Waals surface area contributed by atoms with Crippen LogP contribution in [0.15, 0.2) is 0 Å². The van der Waals surface area contributed by atoms with Crippen LogP contribution in [0.3, 0.4) is 0 Å². The average Bonchev–Trinajstić information content (AvgIpc) is 2.65. The Kier molecular flexibility index (Phi) is 71.3. The number of carbonyl (C=O) groups excluding carboxylic acids is 8. The second kappa shape index (κ2) is 42.8. The first-order chi connectivity index (χ1) is 16.5. The van der Waals surface area contributed by atoms with E-state index < -0.39 is 112 Å². The number of carboxylic acids is 8. The largest absolute Gasteiger partial charge is 1.00 e. The van der Waals surface area contributed by atoms with Crippen LogP contribution in [0.2, 0.25) is 0 Å². The molecule has 2 atom stereocenters. The molecule has 0 N–H and O–H groups in total. The number of nitrogens with zero attached hydrogens (tertiary/aromatic N) is 2. The van der Waals surface area contributed by atoms with Gasteiger partial charge in [0.2, 0.25) is 0 Å². The van der Waals surface area contributed by atoms with Crippen LogP contribution in [0, 0.1) is 0 Å². The topological polar surface area (TPSA) is 328 Å². The molecular formula is C18H18N2Na8O16. The van der Waals surface area contributed by atoms with E-state index in [0.29, 0.717) is 9.80 Å². The Balaban J connectivity index is -0.0000000556. The Labute approximate surface area is 428 Å². The van der Waals surface area contributed by atoms with Crippen molar-refractivity contribution in [2.75, 3.05) is 26.2 Å². The first-order valence-electron chi connectivity index (χ1n) is 9.56. The summed E-state index contributed by atoms with van der Waals surface area (Å²) in [5.41, 5.74) is 0. The van der Waals surface area contributed by atoms with Gasteiger partial charge >= 0.3 is 236 Å². The van der Waals surface area contributed by atoms with Crippen molar-refractivity contribution >= 4 is 47.8 Å². The second-order valence-corrected chi connectivity index (χ2v) is 6.79. The normalized spacial score (nSPS) is 9.86. The van der Waals surface area contributed by atoms with Crippen molar-refractivity contribution in [3.63, 3.8) is 0 Å². The Bertz CT molecular complexity index is 771. The quantitative estimate of drug-likeness (QED) is 0.120. The van der Waals surface area contributed by atoms with Gasteiger partial charge in [-0.05, 0) is 25.7 Å². The molecule has 0 bridgehead atoms. The number of carbonyl (C=O) groups is 8. The summed E-state index contributed by atoms with van der Waals surface area (Å²) >= 11 is 0. The van der Waals surface area contributed by atoms with Gasteiger partial charge in [0.05, 0.1) is 47.9 Å². The molecule has 0 aliphatic rings. The molecule has 0 saturated heterocycles. The third kappa shape index (κ3) is 43.7. The third-order valence-electron chi connectivity index (χ3n) is 4.00. The molecule has 0 spiro atoms. The Hall–Kier alpha value is 3.68. The van der Waals surface area contributed by atoms with Gasteiger partial charge in [0.1, 0.15) is 0 Å². The fourth-order valence-electron chi connectivity index (χ4n) is 2.62. The van der Waals surface area contributed by atoms with E-state index in [1.54, 1.807) is 0 Å². The van der Waals surface area contributed by atoms with Gasteiger partial charge in [0, 0.05) is 38.1 Å². The fourth-order valence-corrected chi connectivity index (χ4v) is 2.62. The van der Waals surface area contributed by atoms with Crippen molar-refractivity contribution in [1.29, 1.82) is 0 Å². The minimum absolute atomic E-state index is 0. The van der Waals surface area contributed by atoms with Crippen LogP contribution < -0.4 is 277 Å². The predicted octanol–water partition coefficient (Wildman–Crippen LogP) is -37.1. The van der Waals surface area contributed by atoms with Crippen LogP contribution in [0.5, 0.6) is 0 Å². The van der Waals surface area contributed by atoms with Gasteiger partial charge in [-0.3, -0.25) is 9.80 Å². The molecule has 204 valence electrons. The number of hydrogen-bond acceptors (Lipinski definition) is 18. The molecule has 0 rings (SSSR count). The van der Waals surface area contributed by atoms with E-state index in [-0.39, 0.29) is 236 Å². The molecule has 0 fully saturated rings. The molecule has 18 nitrogen and oxygen atoms in total. The van der Waals surface area contributed by atoms with Gasteiger partial charge in [-0.1, -0.05) is 0 Å². The van der Waals surface area contributed by atoms with Crippen LogP contribution >= 0.6 is 0 Å². The zero-order valence-electron chi connectivity index (χ0n) is 26.2. The van der Waals surface area contributed by atoms with Crippen molar-refractivity contribution in [2.45, 2.75) is 37.8 Å². The molecule has 0 aliphatic carbocycles. The molecule has 0 aromatic heterocycles. The summed E-state index contributed by atoms with van der Waals surface area (Å²) < 4.78 is 0. The standard InChI is InChI=1S/2C9H13NO8.8Na/c2*11-6(12)2-1-5(9(17)18)10(3-7(13)14)4-8(15)16;;;;;;;;/h2*5H,1-4H2,(H,11,12)(H,13,14)(H,15,16)(H,17,18);;;;;;;;/q;;8*+1/p-8/t2*5-;;;;;;;;/m00......../s1. The van der Waals surface area contributed by atoms with E-state index >= 15 is 0 Å². The summed E-state index contributed by atoms with van der Waals surface area (Å²) in [6.45, 7) is -4.00. The monoisotopic (exact) mass is 702 g/mol. The van der Waals surface area contributed by atoms with Crippen LogP contribution in [-0.4, -0.2) is 95.8 Å². The molecule has 0 radical (unpaired) electrons. The van der Waals surface area contributed by atoms with Gasteiger partial charge in [-0.15, -0.1) is 0 Å². The minimum Gasteiger partial charge on any atom is -0.550 e. The molecule has 0 unspecified atom stereocenters. The molecule has 26 heteroatoms. The SMILES string of the molecule is O=C([O-])CC[C@@H](C(=O)[O-])N(CC(=O)[O-])CC(=O)[O-].O=C([O-])CC[C@@H](C(=O)[O-])N(CC(=O)[O-])CC(=O)[O-].[Na+].[Na+].[Na+].[Na+].[Na+].[Na+].[Na+].[Na+]. The van der Waals surface area contributed by atoms with E-state index in [2.05, 4.69) is 0 Å². The van der Waals surface area contributed by atoms with E-state index in [0.717, 1.165) is 0 Å². The maximum absolute atomic E-state index is 10.7. The van der Waals surface area contributed by atoms with E-state index in [9.17, 15) is 79.2 Å². The van der Waals surface area contributed by atoms with E-state index in [1.807, 2.05) is 0 Å². The maximum atomic E-state index is 10.7. The van der Waals surface area contributed by atoms with Gasteiger partial charge in [-0.2, -0.15) is 0 Å². The minimum atomic E-state index is -1.79. The number of carboxylic acid groups (broad SMARTS) is 8. The Morgan fingerprint density at radius 3 is 0.659 bits per heavy atom. The number of aliphatic carboxylic acids is 8. The van der Waals surface area contributed by atoms with Crippen LogP contribution in [-0.2, 0) is 38.4 Å². The molecule has 0 aliphatic heterocycles. The summed E-state index contributed by atoms with van der Waals surface area (Å²) in [7, 11) is 0. The number of rotatable bonds is 18. The Morgan fingerprint density at radius 1 is 0.364 bits per heavy atom. The van der Waals surface area contributed by atoms with Gasteiger partial charge < -0.3 is 79.2 Å². The van der Waals surface area contributed by atoms with Gasteiger partial charge in [0.15, 0.2) is 0 Å². The average molecular weight is 702 g/mol. The summed E-state index contributed by atoms with van der Waals surface area (Å²) in [4.78, 5) is 84.2. The molecule has 0 aromatic rings. The molecule has 44 heavy (non-hydrogen) atoms. The van der Waals surface area contributed by atoms with E-state index in [1.165, 1.54) is 0 Å². The first-order valence-corrected chi connectivity index (χ1v) is 9.56. The van der Waals surface area contributed by atoms with Crippen molar-refractivity contribution in [3.05, 3.63) is 0 Å². The third-order valence-corrected chi connectivity index (χ3v) is 4.00. The van der Waals surface area contributed by atoms with Crippen molar-refractivity contribution < 1.29 is 316 Å². The molecule has 0 aromatic carbocycles. The zero-order valence-corrected chi connectivity index (χ0v) is 42.2. The van der Waals surface area contributed by atoms with Gasteiger partial charge in [-0.25, -0.2) is 0 Å². The van der Waals surface area contributed by atoms with Crippen molar-refractivity contribution in [2.24, 2.45) is 0 Å². The summed E-state index contributed by atoms with van der Waals surface area (Å²) in [5, 5.41) is 83.2. The van der Waals surface area contributed by atoms with Crippen LogP contribution in [0.25, 0.3) is 0 Å². The van der Waals surface area contributed by atoms with Crippen molar-refractivity contribution in [1.82, 2.24) is 9.80 Å². The van der Waals surface area contributed by atoms with Gasteiger partial charge in [0.25, 0.3) is 0 Å². The molecular weight excluding hydrogens is 684 g/mol. The van der Waals surface area contributed by atoms with Crippen molar-refractivity contribution in [3.8, 4) is 0 Å². The number of hydrogen-bond donors (Lipinski definition) is 0. The van der Waals surface area contributed by atoms with Crippen LogP contribution in [0.4, 0.5) is 0 Å². The zero-order chi connectivity index (χ0) is 28.6. The first kappa shape index (κ1) is 73.2. The fraction of sp³-hybridized carbons (Fsp3) is 0.556. The summed E-state index contributed by atoms with van der Waals surface area (Å²) in [6.07, 6.45) is -2.47. The second-order valence-electron chi connectivity index (χ2n) is 6.79. The maximum Gasteiger partial charge on any atom is 1.00 e. The smallest absolute Gasteiger partial charge is 0.550 e. The molecule has 0 heterocycles. The predicted molar refractivity (Wildman–Crippen MR) is 89.2 cm³/mol. The summed E-state index contributed by atoms with van der Waals surface area (Å²) in [6, 6.07) is -3.39. The van der Waals surface area contributed by atoms with Crippen LogP contribution in [0.1, 0.15) is 25.7 Å². The Morgan fingerprint density at radius 2 is 0.545 bits per heavy atom. The summed E-state index contributed by atoms with van der Waals surface area (Å²) in [5.74, 6) is -13.5. The molecule has 0 saturated carbocycles. The van der Waals surface area contributed by atoms with E-state index in [4.69, 9.17) is 0 Å².